The zero-order valence-corrected chi connectivity index (χ0v) is 18.3. The highest BCUT2D eigenvalue weighted by atomic mass is 19.1. The van der Waals surface area contributed by atoms with Gasteiger partial charge in [0.2, 0.25) is 11.8 Å². The first-order valence-corrected chi connectivity index (χ1v) is 10.7. The van der Waals surface area contributed by atoms with Gasteiger partial charge < -0.3 is 15.4 Å². The molecule has 6 nitrogen and oxygen atoms in total. The number of nitriles is 1. The average Bonchev–Trinajstić information content (AvgIpc) is 2.98. The van der Waals surface area contributed by atoms with Crippen molar-refractivity contribution in [1.82, 2.24) is 0 Å². The Kier molecular flexibility index (Phi) is 4.47. The van der Waals surface area contributed by atoms with Crippen LogP contribution in [0.4, 0.5) is 10.1 Å². The molecule has 7 heteroatoms. The minimum atomic E-state index is -1.66. The van der Waals surface area contributed by atoms with Crippen LogP contribution >= 0.6 is 0 Å². The van der Waals surface area contributed by atoms with E-state index in [9.17, 15) is 19.2 Å². The maximum absolute atomic E-state index is 14.3. The third kappa shape index (κ3) is 2.91. The number of fused-ring (bicyclic) bond motifs is 3. The van der Waals surface area contributed by atoms with Crippen LogP contribution in [0.2, 0.25) is 0 Å². The van der Waals surface area contributed by atoms with E-state index in [-0.39, 0.29) is 47.0 Å². The molecule has 2 heterocycles. The summed E-state index contributed by atoms with van der Waals surface area (Å²) >= 11 is 0. The van der Waals surface area contributed by atoms with Crippen molar-refractivity contribution in [1.29, 1.82) is 5.26 Å². The summed E-state index contributed by atoms with van der Waals surface area (Å²) < 4.78 is 19.2. The Balaban J connectivity index is 1.76. The lowest BCUT2D eigenvalue weighted by atomic mass is 9.62. The van der Waals surface area contributed by atoms with Crippen molar-refractivity contribution < 1.29 is 18.7 Å². The van der Waals surface area contributed by atoms with Gasteiger partial charge in [0.15, 0.2) is 5.78 Å². The first-order chi connectivity index (χ1) is 15.7. The molecule has 0 bridgehead atoms. The second-order valence-electron chi connectivity index (χ2n) is 9.48. The number of carbonyl (C=O) groups excluding carboxylic acids is 2. The van der Waals surface area contributed by atoms with E-state index in [0.717, 1.165) is 0 Å². The van der Waals surface area contributed by atoms with Crippen LogP contribution in [0.15, 0.2) is 71.3 Å². The molecule has 0 radical (unpaired) electrons. The number of rotatable bonds is 2. The molecule has 3 aliphatic rings. The number of para-hydroxylation sites is 1. The molecule has 33 heavy (non-hydrogen) atoms. The van der Waals surface area contributed by atoms with Crippen molar-refractivity contribution in [2.75, 3.05) is 4.90 Å². The van der Waals surface area contributed by atoms with Gasteiger partial charge in [-0.25, -0.2) is 4.39 Å². The van der Waals surface area contributed by atoms with Gasteiger partial charge in [0.05, 0.1) is 12.1 Å². The highest BCUT2D eigenvalue weighted by molar-refractivity contribution is 6.20. The van der Waals surface area contributed by atoms with Crippen LogP contribution in [0, 0.1) is 22.6 Å². The monoisotopic (exact) mass is 443 g/mol. The van der Waals surface area contributed by atoms with E-state index in [2.05, 4.69) is 6.07 Å². The van der Waals surface area contributed by atoms with Crippen molar-refractivity contribution in [3.05, 3.63) is 88.3 Å². The van der Waals surface area contributed by atoms with Gasteiger partial charge >= 0.3 is 0 Å². The quantitative estimate of drug-likeness (QED) is 0.757. The second-order valence-corrected chi connectivity index (χ2v) is 9.48. The first kappa shape index (κ1) is 21.0. The number of allylic oxidation sites excluding steroid dienone is 1. The van der Waals surface area contributed by atoms with Crippen LogP contribution in [-0.4, -0.2) is 11.7 Å². The largest absolute Gasteiger partial charge is 0.444 e. The fraction of sp³-hybridized carbons (Fsp3) is 0.269. The smallest absolute Gasteiger partial charge is 0.248 e. The number of ketones is 1. The summed E-state index contributed by atoms with van der Waals surface area (Å²) in [5, 5.41) is 10.1. The number of carbonyl (C=O) groups is 2. The lowest BCUT2D eigenvalue weighted by Crippen LogP contribution is -2.50. The minimum absolute atomic E-state index is 0.0756. The average molecular weight is 443 g/mol. The van der Waals surface area contributed by atoms with Gasteiger partial charge in [-0.05, 0) is 29.2 Å². The molecule has 166 valence electrons. The minimum Gasteiger partial charge on any atom is -0.444 e. The van der Waals surface area contributed by atoms with Crippen LogP contribution in [0.25, 0.3) is 0 Å². The number of amides is 1. The van der Waals surface area contributed by atoms with E-state index >= 15 is 0 Å². The number of nitrogens with zero attached hydrogens (tertiary/aromatic N) is 2. The fourth-order valence-electron chi connectivity index (χ4n) is 5.27. The highest BCUT2D eigenvalue weighted by Crippen LogP contribution is 2.57. The summed E-state index contributed by atoms with van der Waals surface area (Å²) in [6.45, 7) is 4.06. The molecule has 0 saturated carbocycles. The van der Waals surface area contributed by atoms with Gasteiger partial charge in [0.25, 0.3) is 0 Å². The molecule has 0 aromatic heterocycles. The summed E-state index contributed by atoms with van der Waals surface area (Å²) in [6, 6.07) is 15.0. The van der Waals surface area contributed by atoms with Gasteiger partial charge in [0, 0.05) is 24.1 Å². The Morgan fingerprint density at radius 1 is 1.12 bits per heavy atom. The van der Waals surface area contributed by atoms with Gasteiger partial charge in [0.1, 0.15) is 28.6 Å². The predicted molar refractivity (Wildman–Crippen MR) is 119 cm³/mol. The maximum Gasteiger partial charge on any atom is 0.248 e. The molecule has 1 unspecified atom stereocenters. The summed E-state index contributed by atoms with van der Waals surface area (Å²) in [7, 11) is 0. The molecule has 1 amide bonds. The van der Waals surface area contributed by atoms with E-state index in [1.807, 2.05) is 13.8 Å². The van der Waals surface area contributed by atoms with E-state index in [1.54, 1.807) is 36.4 Å². The van der Waals surface area contributed by atoms with Crippen LogP contribution in [0.3, 0.4) is 0 Å². The standard InChI is InChI=1S/C26H22FN3O3/c1-25(2)11-20(31)22-21(12-25)33-23(29)18(13-28)26(22)17-5-3-4-6-19(17)30(24(26)32)14-15-7-9-16(27)10-8-15/h3-10H,11-12,14,29H2,1-2H3. The Labute approximate surface area is 190 Å². The molecular formula is C26H22FN3O3. The van der Waals surface area contributed by atoms with E-state index < -0.39 is 11.3 Å². The molecule has 0 fully saturated rings. The normalized spacial score (nSPS) is 23.4. The topological polar surface area (TPSA) is 96.4 Å². The predicted octanol–water partition coefficient (Wildman–Crippen LogP) is 3.98. The lowest BCUT2D eigenvalue weighted by Gasteiger charge is -2.41. The van der Waals surface area contributed by atoms with Crippen molar-refractivity contribution in [3.63, 3.8) is 0 Å². The first-order valence-electron chi connectivity index (χ1n) is 10.7. The molecule has 1 atom stereocenters. The second kappa shape index (κ2) is 7.04. The number of hydrogen-bond acceptors (Lipinski definition) is 5. The van der Waals surface area contributed by atoms with Gasteiger partial charge in [-0.2, -0.15) is 5.26 Å². The maximum atomic E-state index is 14.3. The zero-order valence-electron chi connectivity index (χ0n) is 18.3. The molecule has 2 aromatic carbocycles. The van der Waals surface area contributed by atoms with Gasteiger partial charge in [-0.1, -0.05) is 44.2 Å². The SMILES string of the molecule is CC1(C)CC(=O)C2=C(C1)OC(N)=C(C#N)C21C(=O)N(Cc2ccc(F)cc2)c2ccccc21. The third-order valence-electron chi connectivity index (χ3n) is 6.60. The molecular weight excluding hydrogens is 421 g/mol. The summed E-state index contributed by atoms with van der Waals surface area (Å²) in [6.07, 6.45) is 0.644. The summed E-state index contributed by atoms with van der Waals surface area (Å²) in [5.41, 5.74) is 6.12. The van der Waals surface area contributed by atoms with Crippen molar-refractivity contribution >= 4 is 17.4 Å². The van der Waals surface area contributed by atoms with E-state index in [0.29, 0.717) is 29.0 Å². The molecule has 2 aliphatic heterocycles. The van der Waals surface area contributed by atoms with Crippen LogP contribution < -0.4 is 10.6 Å². The molecule has 0 saturated heterocycles. The zero-order chi connectivity index (χ0) is 23.5. The number of nitrogens with two attached hydrogens (primary N) is 1. The van der Waals surface area contributed by atoms with Gasteiger partial charge in [-0.15, -0.1) is 0 Å². The number of Topliss-reactive ketones (excluding diaryl/α,β-unsaturated/α-hetero) is 1. The third-order valence-corrected chi connectivity index (χ3v) is 6.60. The fourth-order valence-corrected chi connectivity index (χ4v) is 5.27. The van der Waals surface area contributed by atoms with E-state index in [4.69, 9.17) is 10.5 Å². The van der Waals surface area contributed by atoms with Crippen LogP contribution in [0.1, 0.15) is 37.8 Å². The summed E-state index contributed by atoms with van der Waals surface area (Å²) in [5.74, 6) is -0.849. The van der Waals surface area contributed by atoms with Crippen LogP contribution in [0.5, 0.6) is 0 Å². The van der Waals surface area contributed by atoms with Crippen molar-refractivity contribution in [2.24, 2.45) is 11.1 Å². The van der Waals surface area contributed by atoms with Crippen molar-refractivity contribution in [2.45, 2.75) is 38.6 Å². The Morgan fingerprint density at radius 2 is 1.82 bits per heavy atom. The molecule has 1 aliphatic carbocycles. The molecule has 1 spiro atoms. The molecule has 2 aromatic rings. The molecule has 2 N–H and O–H groups in total. The van der Waals surface area contributed by atoms with Gasteiger partial charge in [-0.3, -0.25) is 9.59 Å². The number of hydrogen-bond donors (Lipinski definition) is 1. The Bertz CT molecular complexity index is 1320. The number of halogens is 1. The number of ether oxygens (including phenoxy) is 1. The molecule has 5 rings (SSSR count). The van der Waals surface area contributed by atoms with Crippen LogP contribution in [-0.2, 0) is 26.3 Å². The Morgan fingerprint density at radius 3 is 2.52 bits per heavy atom. The van der Waals surface area contributed by atoms with Crippen molar-refractivity contribution in [3.8, 4) is 6.07 Å². The number of benzene rings is 2. The Hall–Kier alpha value is -3.92. The summed E-state index contributed by atoms with van der Waals surface area (Å²) in [4.78, 5) is 29.3. The lowest BCUT2D eigenvalue weighted by molar-refractivity contribution is -0.125. The highest BCUT2D eigenvalue weighted by Gasteiger charge is 2.62. The number of anilines is 1. The van der Waals surface area contributed by atoms with E-state index in [1.165, 1.54) is 17.0 Å².